The summed E-state index contributed by atoms with van der Waals surface area (Å²) in [7, 11) is 0. The third-order valence-electron chi connectivity index (χ3n) is 18.2. The number of carbonyl (C=O) groups is 17. The molecule has 0 spiro atoms. The lowest BCUT2D eigenvalue weighted by Gasteiger charge is -2.32. The van der Waals surface area contributed by atoms with Crippen molar-refractivity contribution in [1.82, 2.24) is 79.3 Å². The first-order chi connectivity index (χ1) is 53.2. The van der Waals surface area contributed by atoms with Gasteiger partial charge in [-0.2, -0.15) is 35.3 Å². The number of fused-ring (bicyclic) bond motifs is 6. The molecule has 3 aliphatic heterocycles. The second-order valence-corrected chi connectivity index (χ2v) is 32.0. The van der Waals surface area contributed by atoms with Crippen LogP contribution in [0.25, 0.3) is 0 Å². The summed E-state index contributed by atoms with van der Waals surface area (Å²) in [4.78, 5) is 239. The number of unbranched alkanes of at least 4 members (excludes halogenated alkanes) is 1. The van der Waals surface area contributed by atoms with Crippen molar-refractivity contribution in [3.8, 4) is 0 Å². The second-order valence-electron chi connectivity index (χ2n) is 28.9. The van der Waals surface area contributed by atoms with Gasteiger partial charge in [-0.05, 0) is 99.2 Å². The summed E-state index contributed by atoms with van der Waals surface area (Å²) in [5.74, 6) is -19.9. The molecular weight excluding hydrogens is 1530 g/mol. The smallest absolute Gasteiger partial charge is 0.305 e. The number of carboxylic acids is 2. The Morgan fingerprint density at radius 2 is 1.00 bits per heavy atom. The molecule has 0 aliphatic carbocycles. The fourth-order valence-corrected chi connectivity index (χ4v) is 15.4. The Morgan fingerprint density at radius 3 is 1.53 bits per heavy atom. The van der Waals surface area contributed by atoms with Gasteiger partial charge < -0.3 is 107 Å². The lowest BCUT2D eigenvalue weighted by Crippen LogP contribution is -2.61. The molecule has 1 saturated heterocycles. The highest BCUT2D eigenvalue weighted by molar-refractivity contribution is 7.99. The standard InChI is InChI=1S/C71H112N20O19S3/c1-9-37(6)58-68(109)87-46(21-36(4)5)61(102)82-44(14-10-11-17-77-70(73)74)69(110)91-19-13-16-53(91)67(108)86-47(25-54(72)94)63(104)89-52-34-113-31-42-23-40(22-41(24-42)30-112-33-51(66(107)90-58)80-39(8)93)29-111-32-50(38(7)92)88-60(101)43(15-12-18-78-71(75)76)81-55(95)28-79-59(100)48(26-56(96)97)84-62(103)45(20-35(2)3)83-64(105)49(27-57(98)99)85-65(52)106/h22-24,35-37,43-53,58H,9-21,25-34H2,1-8H3,(H2,72,94)(H,79,100)(H,80,93)(H,81,95)(H,82,102)(H,83,105)(H,84,103)(H,85,106)(H,86,108)(H,87,109)(H,88,101)(H,89,104)(H,90,107)(H,96,97)(H,98,99)(H4,73,74,77)(H4,75,76,78)/t37-,43-,44-,45-,46-,47-,48-,49-,50-,51-,52-,53-,58-/m0/s1. The molecule has 4 bridgehead atoms. The maximum atomic E-state index is 15.0. The van der Waals surface area contributed by atoms with Crippen molar-refractivity contribution in [2.24, 2.45) is 35.0 Å². The van der Waals surface area contributed by atoms with Crippen molar-refractivity contribution < 1.29 is 91.7 Å². The van der Waals surface area contributed by atoms with Crippen molar-refractivity contribution >= 4 is 148 Å². The van der Waals surface area contributed by atoms with E-state index in [1.54, 1.807) is 59.7 Å². The molecule has 0 saturated carbocycles. The van der Waals surface area contributed by atoms with Gasteiger partial charge in [-0.25, -0.2) is 0 Å². The molecule has 4 rings (SSSR count). The highest BCUT2D eigenvalue weighted by Crippen LogP contribution is 2.26. The van der Waals surface area contributed by atoms with Crippen molar-refractivity contribution in [1.29, 1.82) is 10.8 Å². The van der Waals surface area contributed by atoms with Gasteiger partial charge in [0.1, 0.15) is 66.5 Å². The predicted octanol–water partition coefficient (Wildman–Crippen LogP) is -3.66. The van der Waals surface area contributed by atoms with E-state index in [1.165, 1.54) is 42.3 Å². The van der Waals surface area contributed by atoms with Crippen molar-refractivity contribution in [3.05, 3.63) is 34.9 Å². The number of aliphatic carboxylic acids is 2. The molecule has 1 aromatic rings. The minimum absolute atomic E-state index is 0.0132. The minimum atomic E-state index is -2.08. The molecule has 0 radical (unpaired) electrons. The summed E-state index contributed by atoms with van der Waals surface area (Å²) >= 11 is 3.40. The van der Waals surface area contributed by atoms with Crippen LogP contribution in [-0.2, 0) is 98.8 Å². The second kappa shape index (κ2) is 48.2. The number of hydrogen-bond donors (Lipinski definition) is 21. The molecule has 13 atom stereocenters. The van der Waals surface area contributed by atoms with E-state index in [-0.39, 0.29) is 112 Å². The number of hydrogen-bond acceptors (Lipinski definition) is 22. The van der Waals surface area contributed by atoms with Crippen LogP contribution in [0.1, 0.15) is 156 Å². The first kappa shape index (κ1) is 95.4. The van der Waals surface area contributed by atoms with E-state index in [0.717, 1.165) is 11.8 Å². The molecule has 0 aromatic heterocycles. The molecule has 1 aromatic carbocycles. The quantitative estimate of drug-likeness (QED) is 0.0285. The zero-order chi connectivity index (χ0) is 84.3. The minimum Gasteiger partial charge on any atom is -0.481 e. The van der Waals surface area contributed by atoms with Gasteiger partial charge in [0.2, 0.25) is 82.7 Å². The molecule has 39 nitrogen and oxygen atoms in total. The highest BCUT2D eigenvalue weighted by atomic mass is 32.2. The fourth-order valence-electron chi connectivity index (χ4n) is 12.3. The summed E-state index contributed by atoms with van der Waals surface area (Å²) in [5.41, 5.74) is 18.5. The van der Waals surface area contributed by atoms with Crippen LogP contribution in [0.3, 0.4) is 0 Å². The Balaban J connectivity index is 2.00. The topological polar surface area (TPSA) is 628 Å². The van der Waals surface area contributed by atoms with Gasteiger partial charge in [0.25, 0.3) is 0 Å². The Hall–Kier alpha value is -10.00. The van der Waals surface area contributed by atoms with E-state index < -0.39 is 222 Å². The van der Waals surface area contributed by atoms with Crippen LogP contribution in [0, 0.1) is 28.6 Å². The van der Waals surface area contributed by atoms with Crippen LogP contribution in [-0.4, -0.2) is 243 Å². The van der Waals surface area contributed by atoms with E-state index in [9.17, 15) is 86.9 Å². The number of amides is 14. The number of nitrogens with zero attached hydrogens (tertiary/aromatic N) is 1. The fraction of sp³-hybridized carbons (Fsp3) is 0.648. The van der Waals surface area contributed by atoms with Gasteiger partial charge in [-0.3, -0.25) is 92.3 Å². The van der Waals surface area contributed by atoms with Gasteiger partial charge in [0.05, 0.1) is 31.8 Å². The first-order valence-electron chi connectivity index (χ1n) is 37.4. The Bertz CT molecular complexity index is 3610. The number of ketones is 1. The summed E-state index contributed by atoms with van der Waals surface area (Å²) in [5, 5.41) is 71.1. The molecule has 1 fully saturated rings. The number of primary amides is 1. The van der Waals surface area contributed by atoms with E-state index in [1.807, 2.05) is 0 Å². The Kier molecular flexibility index (Phi) is 40.6. The molecule has 628 valence electrons. The lowest BCUT2D eigenvalue weighted by molar-refractivity contribution is -0.143. The number of nitrogens with one attached hydrogen (secondary N) is 16. The van der Waals surface area contributed by atoms with Crippen LogP contribution < -0.4 is 91.6 Å². The third kappa shape index (κ3) is 34.5. The van der Waals surface area contributed by atoms with Crippen LogP contribution in [0.15, 0.2) is 18.2 Å². The number of carbonyl (C=O) groups excluding carboxylic acids is 15. The molecule has 42 heteroatoms. The van der Waals surface area contributed by atoms with Crippen molar-refractivity contribution in [3.63, 3.8) is 0 Å². The van der Waals surface area contributed by atoms with Gasteiger partial charge in [0.15, 0.2) is 17.7 Å². The van der Waals surface area contributed by atoms with Crippen LogP contribution >= 0.6 is 35.3 Å². The molecule has 24 N–H and O–H groups in total. The number of thioether (sulfide) groups is 3. The predicted molar refractivity (Wildman–Crippen MR) is 420 cm³/mol. The molecule has 14 amide bonds. The molecule has 3 heterocycles. The molecule has 0 unspecified atom stereocenters. The molecule has 113 heavy (non-hydrogen) atoms. The first-order valence-corrected chi connectivity index (χ1v) is 40.8. The van der Waals surface area contributed by atoms with Crippen LogP contribution in [0.5, 0.6) is 0 Å². The Morgan fingerprint density at radius 1 is 0.531 bits per heavy atom. The van der Waals surface area contributed by atoms with E-state index in [0.29, 0.717) is 29.5 Å². The largest absolute Gasteiger partial charge is 0.481 e. The average Bonchev–Trinajstić information content (AvgIpc) is 1.73. The SMILES string of the molecule is CC[C@H](C)[C@@H]1NC(=O)[C@@H](NC(C)=O)CSCc2cc3cc(c2)CSC[C@H](NC(=O)[C@H](CC(N)=O)NC(=O)[C@@H]2CCCN2C(=O)[C@H](CCCCNC(=N)N)NC(=O)[C@H](CC(C)C)NC1=O)C(=O)N[C@@H](CC(=O)O)C(=O)N[C@@H](CC(C)C)C(=O)N[C@@H](CC(=O)O)C(=O)NCC(=O)N[C@@H](CCCNC(=N)N)C(=O)N[C@H](C(C)=O)CSC3. The summed E-state index contributed by atoms with van der Waals surface area (Å²) in [6.45, 7) is 12.0. The van der Waals surface area contributed by atoms with E-state index >= 15 is 4.79 Å². The zero-order valence-corrected chi connectivity index (χ0v) is 67.3. The number of Topliss-reactive ketones (excluding diaryl/α,β-unsaturated/α-hetero) is 1. The molecule has 3 aliphatic rings. The highest BCUT2D eigenvalue weighted by Gasteiger charge is 2.42. The number of rotatable bonds is 23. The number of nitrogens with two attached hydrogens (primary N) is 3. The van der Waals surface area contributed by atoms with Gasteiger partial charge in [0, 0.05) is 61.1 Å². The van der Waals surface area contributed by atoms with Gasteiger partial charge in [-0.15, -0.1) is 0 Å². The van der Waals surface area contributed by atoms with E-state index in [2.05, 4.69) is 74.4 Å². The summed E-state index contributed by atoms with van der Waals surface area (Å²) < 4.78 is 0. The molecular formula is C71H112N20O19S3. The van der Waals surface area contributed by atoms with Crippen molar-refractivity contribution in [2.75, 3.05) is 43.4 Å². The number of guanidine groups is 2. The monoisotopic (exact) mass is 1640 g/mol. The van der Waals surface area contributed by atoms with Gasteiger partial charge in [-0.1, -0.05) is 66.2 Å². The third-order valence-corrected chi connectivity index (χ3v) is 21.5. The summed E-state index contributed by atoms with van der Waals surface area (Å²) in [6, 6.07) is -13.3. The van der Waals surface area contributed by atoms with Crippen LogP contribution in [0.4, 0.5) is 0 Å². The van der Waals surface area contributed by atoms with Gasteiger partial charge >= 0.3 is 11.9 Å². The number of benzene rings is 1. The Labute approximate surface area is 668 Å². The maximum absolute atomic E-state index is 15.0. The number of carboxylic acid groups (broad SMARTS) is 2. The van der Waals surface area contributed by atoms with Crippen LogP contribution in [0.2, 0.25) is 0 Å². The normalized spacial score (nSPS) is 24.9. The average molecular weight is 1650 g/mol. The summed E-state index contributed by atoms with van der Waals surface area (Å²) in [6.07, 6.45) is -2.36. The van der Waals surface area contributed by atoms with Crippen molar-refractivity contribution in [2.45, 2.75) is 229 Å². The zero-order valence-electron chi connectivity index (χ0n) is 64.9. The maximum Gasteiger partial charge on any atom is 0.305 e. The van der Waals surface area contributed by atoms with E-state index in [4.69, 9.17) is 28.0 Å². The lowest BCUT2D eigenvalue weighted by atomic mass is 9.96.